The predicted molar refractivity (Wildman–Crippen MR) is 85.9 cm³/mol. The zero-order valence-corrected chi connectivity index (χ0v) is 13.2. The van der Waals surface area contributed by atoms with E-state index in [0.717, 1.165) is 23.4 Å². The first-order chi connectivity index (χ1) is 10.4. The fourth-order valence-electron chi connectivity index (χ4n) is 2.58. The number of ether oxygens (including phenoxy) is 1. The van der Waals surface area contributed by atoms with Gasteiger partial charge in [-0.25, -0.2) is 9.78 Å². The predicted octanol–water partition coefficient (Wildman–Crippen LogP) is 2.98. The molecule has 6 heteroatoms. The van der Waals surface area contributed by atoms with Crippen LogP contribution in [0.3, 0.4) is 0 Å². The van der Waals surface area contributed by atoms with Gasteiger partial charge in [0, 0.05) is 19.1 Å². The summed E-state index contributed by atoms with van der Waals surface area (Å²) in [6.45, 7) is 6.97. The van der Waals surface area contributed by atoms with Crippen molar-refractivity contribution < 1.29 is 9.53 Å². The van der Waals surface area contributed by atoms with E-state index in [0.29, 0.717) is 13.1 Å². The normalized spacial score (nSPS) is 18.7. The first-order valence-electron chi connectivity index (χ1n) is 7.60. The van der Waals surface area contributed by atoms with Crippen molar-refractivity contribution >= 4 is 23.1 Å². The van der Waals surface area contributed by atoms with Gasteiger partial charge in [0.25, 0.3) is 0 Å². The molecule has 0 aliphatic carbocycles. The maximum Gasteiger partial charge on any atom is 0.410 e. The number of hydrogen-bond donors (Lipinski definition) is 2. The number of carbonyl (C=O) groups excluding carboxylic acids is 1. The Hall–Kier alpha value is -2.24. The Labute approximate surface area is 129 Å². The molecule has 2 N–H and O–H groups in total. The second kappa shape index (κ2) is 5.51. The van der Waals surface area contributed by atoms with E-state index in [-0.39, 0.29) is 12.1 Å². The maximum atomic E-state index is 12.1. The van der Waals surface area contributed by atoms with Crippen molar-refractivity contribution in [3.8, 4) is 0 Å². The molecule has 0 unspecified atom stereocenters. The zero-order chi connectivity index (χ0) is 15.7. The van der Waals surface area contributed by atoms with E-state index in [2.05, 4.69) is 15.3 Å². The molecule has 1 amide bonds. The van der Waals surface area contributed by atoms with E-state index >= 15 is 0 Å². The lowest BCUT2D eigenvalue weighted by Gasteiger charge is -2.24. The van der Waals surface area contributed by atoms with Gasteiger partial charge in [0.05, 0.1) is 11.0 Å². The van der Waals surface area contributed by atoms with E-state index < -0.39 is 5.60 Å². The second-order valence-electron chi connectivity index (χ2n) is 6.66. The summed E-state index contributed by atoms with van der Waals surface area (Å²) < 4.78 is 5.40. The van der Waals surface area contributed by atoms with Crippen molar-refractivity contribution in [1.29, 1.82) is 0 Å². The van der Waals surface area contributed by atoms with Gasteiger partial charge in [-0.05, 0) is 39.3 Å². The third kappa shape index (κ3) is 3.32. The number of nitrogens with one attached hydrogen (secondary N) is 2. The number of amides is 1. The largest absolute Gasteiger partial charge is 0.444 e. The molecule has 0 bridgehead atoms. The number of likely N-dealkylation sites (tertiary alicyclic amines) is 1. The number of aromatic amines is 1. The van der Waals surface area contributed by atoms with Crippen LogP contribution in [0.2, 0.25) is 0 Å². The third-order valence-corrected chi connectivity index (χ3v) is 3.57. The van der Waals surface area contributed by atoms with Crippen molar-refractivity contribution in [3.05, 3.63) is 24.3 Å². The summed E-state index contributed by atoms with van der Waals surface area (Å²) in [5, 5.41) is 3.36. The van der Waals surface area contributed by atoms with Crippen LogP contribution in [0, 0.1) is 0 Å². The topological polar surface area (TPSA) is 70.2 Å². The van der Waals surface area contributed by atoms with Crippen molar-refractivity contribution in [2.75, 3.05) is 18.4 Å². The number of fused-ring (bicyclic) bond motifs is 1. The highest BCUT2D eigenvalue weighted by molar-refractivity contribution is 5.77. The number of imidazole rings is 1. The number of rotatable bonds is 2. The van der Waals surface area contributed by atoms with Gasteiger partial charge in [-0.1, -0.05) is 12.1 Å². The zero-order valence-electron chi connectivity index (χ0n) is 13.2. The van der Waals surface area contributed by atoms with Crippen LogP contribution in [0.15, 0.2) is 24.3 Å². The molecule has 2 heterocycles. The number of H-pyrrole nitrogens is 1. The summed E-state index contributed by atoms with van der Waals surface area (Å²) >= 11 is 0. The highest BCUT2D eigenvalue weighted by Crippen LogP contribution is 2.19. The molecule has 3 rings (SSSR count). The van der Waals surface area contributed by atoms with Crippen LogP contribution < -0.4 is 5.32 Å². The van der Waals surface area contributed by atoms with Gasteiger partial charge in [-0.15, -0.1) is 0 Å². The number of anilines is 1. The van der Waals surface area contributed by atoms with Crippen LogP contribution >= 0.6 is 0 Å². The molecule has 1 atom stereocenters. The summed E-state index contributed by atoms with van der Waals surface area (Å²) in [6.07, 6.45) is 0.637. The van der Waals surface area contributed by atoms with Gasteiger partial charge < -0.3 is 19.9 Å². The van der Waals surface area contributed by atoms with E-state index in [9.17, 15) is 4.79 Å². The van der Waals surface area contributed by atoms with Crippen LogP contribution in [-0.2, 0) is 4.74 Å². The standard InChI is InChI=1S/C16H22N4O2/c1-16(2,3)22-15(21)20-9-8-11(10-20)17-14-18-12-6-4-5-7-13(12)19-14/h4-7,11H,8-10H2,1-3H3,(H2,17,18,19)/t11-/m1/s1. The lowest BCUT2D eigenvalue weighted by atomic mass is 10.2. The third-order valence-electron chi connectivity index (χ3n) is 3.57. The summed E-state index contributed by atoms with van der Waals surface area (Å²) in [5.74, 6) is 0.747. The molecule has 1 saturated heterocycles. The summed E-state index contributed by atoms with van der Waals surface area (Å²) in [4.78, 5) is 21.5. The molecule has 1 fully saturated rings. The summed E-state index contributed by atoms with van der Waals surface area (Å²) in [6, 6.07) is 8.10. The Morgan fingerprint density at radius 3 is 2.91 bits per heavy atom. The van der Waals surface area contributed by atoms with E-state index in [4.69, 9.17) is 4.74 Å². The van der Waals surface area contributed by atoms with Gasteiger partial charge >= 0.3 is 6.09 Å². The molecular formula is C16H22N4O2. The molecular weight excluding hydrogens is 280 g/mol. The molecule has 2 aromatic rings. The van der Waals surface area contributed by atoms with Gasteiger partial charge in [0.1, 0.15) is 5.60 Å². The molecule has 1 aliphatic rings. The van der Waals surface area contributed by atoms with Crippen molar-refractivity contribution in [2.45, 2.75) is 38.8 Å². The minimum atomic E-state index is -0.457. The van der Waals surface area contributed by atoms with Crippen LogP contribution in [0.25, 0.3) is 11.0 Å². The molecule has 1 aromatic heterocycles. The minimum absolute atomic E-state index is 0.188. The number of benzene rings is 1. The quantitative estimate of drug-likeness (QED) is 0.894. The summed E-state index contributed by atoms with van der Waals surface area (Å²) in [5.41, 5.74) is 1.49. The van der Waals surface area contributed by atoms with Crippen LogP contribution in [-0.4, -0.2) is 45.7 Å². The van der Waals surface area contributed by atoms with E-state index in [1.165, 1.54) is 0 Å². The summed E-state index contributed by atoms with van der Waals surface area (Å²) in [7, 11) is 0. The van der Waals surface area contributed by atoms with Crippen molar-refractivity contribution in [2.24, 2.45) is 0 Å². The van der Waals surface area contributed by atoms with Crippen LogP contribution in [0.4, 0.5) is 10.7 Å². The molecule has 0 saturated carbocycles. The smallest absolute Gasteiger partial charge is 0.410 e. The average molecular weight is 302 g/mol. The number of para-hydroxylation sites is 2. The molecule has 1 aromatic carbocycles. The Morgan fingerprint density at radius 1 is 1.41 bits per heavy atom. The Bertz CT molecular complexity index is 641. The van der Waals surface area contributed by atoms with Crippen LogP contribution in [0.5, 0.6) is 0 Å². The van der Waals surface area contributed by atoms with E-state index in [1.807, 2.05) is 45.0 Å². The molecule has 1 aliphatic heterocycles. The van der Waals surface area contributed by atoms with Crippen molar-refractivity contribution in [3.63, 3.8) is 0 Å². The fourth-order valence-corrected chi connectivity index (χ4v) is 2.58. The highest BCUT2D eigenvalue weighted by atomic mass is 16.6. The van der Waals surface area contributed by atoms with Crippen molar-refractivity contribution in [1.82, 2.24) is 14.9 Å². The molecule has 0 spiro atoms. The van der Waals surface area contributed by atoms with Gasteiger partial charge in [-0.2, -0.15) is 0 Å². The Kier molecular flexibility index (Phi) is 3.68. The fraction of sp³-hybridized carbons (Fsp3) is 0.500. The highest BCUT2D eigenvalue weighted by Gasteiger charge is 2.30. The molecule has 6 nitrogen and oxygen atoms in total. The first kappa shape index (κ1) is 14.7. The van der Waals surface area contributed by atoms with Crippen LogP contribution in [0.1, 0.15) is 27.2 Å². The monoisotopic (exact) mass is 302 g/mol. The number of hydrogen-bond acceptors (Lipinski definition) is 4. The lowest BCUT2D eigenvalue weighted by Crippen LogP contribution is -2.36. The minimum Gasteiger partial charge on any atom is -0.444 e. The van der Waals surface area contributed by atoms with Gasteiger partial charge in [0.2, 0.25) is 5.95 Å². The number of nitrogens with zero attached hydrogens (tertiary/aromatic N) is 2. The maximum absolute atomic E-state index is 12.1. The number of carbonyl (C=O) groups is 1. The lowest BCUT2D eigenvalue weighted by molar-refractivity contribution is 0.0293. The average Bonchev–Trinajstić information content (AvgIpc) is 3.02. The Balaban J connectivity index is 1.60. The van der Waals surface area contributed by atoms with Gasteiger partial charge in [-0.3, -0.25) is 0 Å². The number of aromatic nitrogens is 2. The second-order valence-corrected chi connectivity index (χ2v) is 6.66. The molecule has 118 valence electrons. The molecule has 0 radical (unpaired) electrons. The SMILES string of the molecule is CC(C)(C)OC(=O)N1CC[C@@H](Nc2nc3ccccc3[nH]2)C1. The Morgan fingerprint density at radius 2 is 2.18 bits per heavy atom. The first-order valence-corrected chi connectivity index (χ1v) is 7.60. The molecule has 22 heavy (non-hydrogen) atoms. The van der Waals surface area contributed by atoms with E-state index in [1.54, 1.807) is 4.90 Å². The van der Waals surface area contributed by atoms with Gasteiger partial charge in [0.15, 0.2) is 0 Å².